The second-order valence-electron chi connectivity index (χ2n) is 13.7. The van der Waals surface area contributed by atoms with Crippen molar-refractivity contribution in [3.8, 4) is 5.75 Å². The molecule has 0 spiro atoms. The molecule has 0 saturated carbocycles. The maximum atomic E-state index is 11.8. The number of nitrogens with zero attached hydrogens (tertiary/aromatic N) is 1. The molecule has 1 aromatic heterocycles. The molecule has 0 radical (unpaired) electrons. The van der Waals surface area contributed by atoms with Crippen LogP contribution in [0.15, 0.2) is 39.5 Å². The molecule has 0 aliphatic carbocycles. The highest BCUT2D eigenvalue weighted by atomic mass is 16.4. The average Bonchev–Trinajstić information content (AvgIpc) is 2.65. The molecule has 4 heteroatoms. The van der Waals surface area contributed by atoms with E-state index in [1.165, 1.54) is 16.7 Å². The fourth-order valence-electron chi connectivity index (χ4n) is 3.66. The lowest BCUT2D eigenvalue weighted by Gasteiger charge is -2.25. The summed E-state index contributed by atoms with van der Waals surface area (Å²) in [5, 5.41) is 9.72. The molecule has 0 saturated heterocycles. The van der Waals surface area contributed by atoms with Crippen molar-refractivity contribution in [2.75, 3.05) is 0 Å². The summed E-state index contributed by atoms with van der Waals surface area (Å²) in [4.78, 5) is 16.2. The van der Waals surface area contributed by atoms with Crippen LogP contribution in [0.4, 0.5) is 0 Å². The van der Waals surface area contributed by atoms with Crippen LogP contribution in [0.5, 0.6) is 5.75 Å². The van der Waals surface area contributed by atoms with Crippen molar-refractivity contribution in [2.24, 2.45) is 0 Å². The lowest BCUT2D eigenvalue weighted by Crippen LogP contribution is -2.18. The van der Waals surface area contributed by atoms with E-state index in [0.717, 1.165) is 11.1 Å². The molecule has 0 amide bonds. The van der Waals surface area contributed by atoms with E-state index in [9.17, 15) is 9.90 Å². The normalized spacial score (nSPS) is 12.9. The zero-order valence-electron chi connectivity index (χ0n) is 24.1. The summed E-state index contributed by atoms with van der Waals surface area (Å²) < 4.78 is 5.50. The van der Waals surface area contributed by atoms with Crippen LogP contribution < -0.4 is 5.63 Å². The van der Waals surface area contributed by atoms with Crippen molar-refractivity contribution in [1.82, 2.24) is 4.98 Å². The highest BCUT2D eigenvalue weighted by Gasteiger charge is 2.24. The summed E-state index contributed by atoms with van der Waals surface area (Å²) in [6.45, 7) is 27.5. The predicted molar refractivity (Wildman–Crippen MR) is 148 cm³/mol. The molecule has 0 unspecified atom stereocenters. The third-order valence-electron chi connectivity index (χ3n) is 6.17. The molecule has 1 heterocycles. The van der Waals surface area contributed by atoms with E-state index in [1.807, 2.05) is 18.2 Å². The third-order valence-corrected chi connectivity index (χ3v) is 6.17. The second-order valence-corrected chi connectivity index (χ2v) is 13.7. The van der Waals surface area contributed by atoms with E-state index in [4.69, 9.17) is 4.42 Å². The number of aromatic hydroxyl groups is 1. The Kier molecular flexibility index (Phi) is 7.72. The highest BCUT2D eigenvalue weighted by molar-refractivity contribution is 5.78. The number of benzene rings is 2. The van der Waals surface area contributed by atoms with Crippen molar-refractivity contribution in [3.63, 3.8) is 0 Å². The zero-order valence-corrected chi connectivity index (χ0v) is 24.1. The number of fused-ring (bicyclic) bond motifs is 1. The van der Waals surface area contributed by atoms with E-state index in [0.29, 0.717) is 17.0 Å². The van der Waals surface area contributed by atoms with Gasteiger partial charge in [0.2, 0.25) is 0 Å². The molecule has 0 bridgehead atoms. The quantitative estimate of drug-likeness (QED) is 0.354. The summed E-state index contributed by atoms with van der Waals surface area (Å²) in [6.07, 6.45) is 0. The standard InChI is InChI=1S/C17H23NO2.C14H22O/c1-10-15(19)20-14-12(17(5,6)7)8-11(16(2,3)4)9-13(14)18-10;1-13(2,3)10-7-11(14(4,5)6)9-12(15)8-10/h8-9H,1-7H3;7-9,15H,1-6H3. The smallest absolute Gasteiger partial charge is 0.357 e. The van der Waals surface area contributed by atoms with Crippen molar-refractivity contribution in [2.45, 2.75) is 112 Å². The SMILES string of the molecule is CC(C)(C)c1cc(O)cc(C(C)(C)C)c1.Cc1nc2cc(C(C)(C)C)cc(C(C)(C)C)c2oc1=O. The van der Waals surface area contributed by atoms with Gasteiger partial charge in [0.1, 0.15) is 17.0 Å². The van der Waals surface area contributed by atoms with Crippen LogP contribution >= 0.6 is 0 Å². The lowest BCUT2D eigenvalue weighted by atomic mass is 9.80. The minimum atomic E-state index is -0.355. The average molecular weight is 480 g/mol. The van der Waals surface area contributed by atoms with Gasteiger partial charge in [-0.3, -0.25) is 0 Å². The maximum absolute atomic E-state index is 11.8. The molecule has 0 fully saturated rings. The van der Waals surface area contributed by atoms with Crippen molar-refractivity contribution >= 4 is 11.1 Å². The number of aryl methyl sites for hydroxylation is 1. The molecule has 35 heavy (non-hydrogen) atoms. The summed E-state index contributed by atoms with van der Waals surface area (Å²) in [6, 6.07) is 10.1. The van der Waals surface area contributed by atoms with Gasteiger partial charge in [-0.25, -0.2) is 9.78 Å². The second kappa shape index (κ2) is 9.44. The summed E-state index contributed by atoms with van der Waals surface area (Å²) in [7, 11) is 0. The predicted octanol–water partition coefficient (Wildman–Crippen LogP) is 8.08. The molecule has 1 N–H and O–H groups in total. The summed E-state index contributed by atoms with van der Waals surface area (Å²) in [5.74, 6) is 0.368. The Labute approximate surface area is 211 Å². The van der Waals surface area contributed by atoms with E-state index in [2.05, 4.69) is 100 Å². The first kappa shape index (κ1) is 28.6. The number of hydrogen-bond acceptors (Lipinski definition) is 4. The topological polar surface area (TPSA) is 63.3 Å². The van der Waals surface area contributed by atoms with Gasteiger partial charge < -0.3 is 9.52 Å². The van der Waals surface area contributed by atoms with E-state index >= 15 is 0 Å². The summed E-state index contributed by atoms with van der Waals surface area (Å²) in [5.41, 5.74) is 6.12. The maximum Gasteiger partial charge on any atom is 0.357 e. The molecule has 0 atom stereocenters. The van der Waals surface area contributed by atoms with Gasteiger partial charge in [0.05, 0.1) is 0 Å². The van der Waals surface area contributed by atoms with Gasteiger partial charge in [0.15, 0.2) is 5.58 Å². The van der Waals surface area contributed by atoms with Gasteiger partial charge in [-0.05, 0) is 63.5 Å². The number of rotatable bonds is 0. The molecule has 2 aromatic carbocycles. The van der Waals surface area contributed by atoms with Crippen LogP contribution in [0.25, 0.3) is 11.1 Å². The van der Waals surface area contributed by atoms with Crippen LogP contribution in [-0.4, -0.2) is 10.1 Å². The Hall–Kier alpha value is -2.62. The van der Waals surface area contributed by atoms with Gasteiger partial charge in [-0.1, -0.05) is 95.2 Å². The van der Waals surface area contributed by atoms with Crippen LogP contribution in [-0.2, 0) is 21.7 Å². The number of phenolic OH excluding ortho intramolecular Hbond substituents is 1. The molecule has 0 aliphatic heterocycles. The number of aromatic nitrogens is 1. The van der Waals surface area contributed by atoms with E-state index < -0.39 is 0 Å². The Bertz CT molecular complexity index is 1220. The molecular weight excluding hydrogens is 434 g/mol. The molecule has 192 valence electrons. The Balaban J connectivity index is 0.000000258. The monoisotopic (exact) mass is 479 g/mol. The van der Waals surface area contributed by atoms with Crippen molar-refractivity contribution in [3.05, 3.63) is 68.7 Å². The Morgan fingerprint density at radius 2 is 1.09 bits per heavy atom. The van der Waals surface area contributed by atoms with Crippen LogP contribution in [0, 0.1) is 6.92 Å². The van der Waals surface area contributed by atoms with Crippen molar-refractivity contribution < 1.29 is 9.52 Å². The van der Waals surface area contributed by atoms with Gasteiger partial charge in [-0.15, -0.1) is 0 Å². The fraction of sp³-hybridized carbons (Fsp3) is 0.548. The van der Waals surface area contributed by atoms with Gasteiger partial charge in [0, 0.05) is 5.56 Å². The Morgan fingerprint density at radius 3 is 1.49 bits per heavy atom. The van der Waals surface area contributed by atoms with Crippen LogP contribution in [0.2, 0.25) is 0 Å². The largest absolute Gasteiger partial charge is 0.508 e. The highest BCUT2D eigenvalue weighted by Crippen LogP contribution is 2.34. The molecular formula is C31H45NO3. The zero-order chi connectivity index (χ0) is 27.1. The van der Waals surface area contributed by atoms with Crippen molar-refractivity contribution in [1.29, 1.82) is 0 Å². The van der Waals surface area contributed by atoms with Crippen LogP contribution in [0.1, 0.15) is 111 Å². The van der Waals surface area contributed by atoms with E-state index in [1.54, 1.807) is 6.92 Å². The first-order chi connectivity index (χ1) is 15.6. The third kappa shape index (κ3) is 7.19. The molecule has 3 aromatic rings. The number of phenols is 1. The van der Waals surface area contributed by atoms with Gasteiger partial charge in [-0.2, -0.15) is 0 Å². The fourth-order valence-corrected chi connectivity index (χ4v) is 3.66. The minimum absolute atomic E-state index is 0.0277. The van der Waals surface area contributed by atoms with Gasteiger partial charge >= 0.3 is 5.63 Å². The molecule has 4 nitrogen and oxygen atoms in total. The Morgan fingerprint density at radius 1 is 0.657 bits per heavy atom. The van der Waals surface area contributed by atoms with Crippen LogP contribution in [0.3, 0.4) is 0 Å². The minimum Gasteiger partial charge on any atom is -0.508 e. The van der Waals surface area contributed by atoms with Gasteiger partial charge in [0.25, 0.3) is 0 Å². The first-order valence-electron chi connectivity index (χ1n) is 12.4. The first-order valence-corrected chi connectivity index (χ1v) is 12.4. The molecule has 0 aliphatic rings. The lowest BCUT2D eigenvalue weighted by molar-refractivity contribution is 0.466. The number of hydrogen-bond donors (Lipinski definition) is 1. The van der Waals surface area contributed by atoms with E-state index in [-0.39, 0.29) is 27.3 Å². The summed E-state index contributed by atoms with van der Waals surface area (Å²) >= 11 is 0. The molecule has 3 rings (SSSR count).